The number of nitrogens with one attached hydrogen (secondary N) is 1. The van der Waals surface area contributed by atoms with Gasteiger partial charge in [0, 0.05) is 22.7 Å². The van der Waals surface area contributed by atoms with Gasteiger partial charge in [0.05, 0.1) is 25.5 Å². The number of rotatable bonds is 5. The van der Waals surface area contributed by atoms with Crippen molar-refractivity contribution in [1.29, 1.82) is 0 Å². The van der Waals surface area contributed by atoms with E-state index in [1.165, 1.54) is 10.2 Å². The van der Waals surface area contributed by atoms with Gasteiger partial charge >= 0.3 is 0 Å². The van der Waals surface area contributed by atoms with Crippen molar-refractivity contribution in [2.75, 3.05) is 4.72 Å². The third-order valence-corrected chi connectivity index (χ3v) is 7.54. The van der Waals surface area contributed by atoms with Gasteiger partial charge in [-0.05, 0) is 46.3 Å². The second kappa shape index (κ2) is 8.58. The Kier molecular flexibility index (Phi) is 6.06. The standard InChI is InChI=1S/C20H12BrClF2N2O2S2/c21-15-9-17(24)18(10-16(15)23)25-29(27)20-11-26(19-8-12(22)6-7-14(19)20)30(28)13-4-2-1-3-5-13/h1-11,25H. The molecule has 0 aliphatic heterocycles. The smallest absolute Gasteiger partial charge is 0.157 e. The number of hydrogen-bond donors (Lipinski definition) is 1. The zero-order chi connectivity index (χ0) is 21.4. The van der Waals surface area contributed by atoms with Crippen LogP contribution in [0.1, 0.15) is 0 Å². The SMILES string of the molecule is O=S(Nc1cc(F)c(Br)cc1F)c1cn(S(=O)c2ccccc2)c2cc(Cl)ccc12. The van der Waals surface area contributed by atoms with E-state index in [4.69, 9.17) is 11.6 Å². The molecule has 30 heavy (non-hydrogen) atoms. The van der Waals surface area contributed by atoms with Gasteiger partial charge in [0.15, 0.2) is 22.0 Å². The molecule has 0 aliphatic rings. The molecular formula is C20H12BrClF2N2O2S2. The van der Waals surface area contributed by atoms with E-state index >= 15 is 0 Å². The molecule has 0 saturated heterocycles. The number of benzene rings is 3. The molecule has 0 fully saturated rings. The van der Waals surface area contributed by atoms with Crippen molar-refractivity contribution < 1.29 is 17.2 Å². The molecule has 10 heteroatoms. The fourth-order valence-electron chi connectivity index (χ4n) is 2.83. The summed E-state index contributed by atoms with van der Waals surface area (Å²) < 4.78 is 57.9. The fraction of sp³-hybridized carbons (Fsp3) is 0. The van der Waals surface area contributed by atoms with Gasteiger partial charge in [0.1, 0.15) is 11.6 Å². The van der Waals surface area contributed by atoms with Crippen LogP contribution in [0.2, 0.25) is 5.02 Å². The third kappa shape index (κ3) is 4.07. The minimum Gasteiger partial charge on any atom is -0.298 e. The summed E-state index contributed by atoms with van der Waals surface area (Å²) in [6.07, 6.45) is 1.46. The maximum atomic E-state index is 14.2. The van der Waals surface area contributed by atoms with E-state index in [9.17, 15) is 17.2 Å². The van der Waals surface area contributed by atoms with Crippen LogP contribution in [0.4, 0.5) is 14.5 Å². The predicted molar refractivity (Wildman–Crippen MR) is 119 cm³/mol. The summed E-state index contributed by atoms with van der Waals surface area (Å²) >= 11 is 9.02. The molecule has 4 aromatic rings. The lowest BCUT2D eigenvalue weighted by molar-refractivity contribution is 0.598. The van der Waals surface area contributed by atoms with Crippen LogP contribution in [0.25, 0.3) is 10.9 Å². The van der Waals surface area contributed by atoms with Gasteiger partial charge in [-0.15, -0.1) is 0 Å². The normalized spacial score (nSPS) is 13.3. The highest BCUT2D eigenvalue weighted by atomic mass is 79.9. The highest BCUT2D eigenvalue weighted by Crippen LogP contribution is 2.31. The van der Waals surface area contributed by atoms with Crippen molar-refractivity contribution in [3.05, 3.63) is 88.0 Å². The van der Waals surface area contributed by atoms with E-state index in [1.54, 1.807) is 42.5 Å². The lowest BCUT2D eigenvalue weighted by Crippen LogP contribution is -2.07. The molecule has 1 aromatic heterocycles. The highest BCUT2D eigenvalue weighted by molar-refractivity contribution is 9.10. The maximum absolute atomic E-state index is 14.2. The van der Waals surface area contributed by atoms with Gasteiger partial charge in [-0.25, -0.2) is 17.2 Å². The van der Waals surface area contributed by atoms with E-state index in [-0.39, 0.29) is 15.1 Å². The number of nitrogens with zero attached hydrogens (tertiary/aromatic N) is 1. The summed E-state index contributed by atoms with van der Waals surface area (Å²) in [5.74, 6) is -1.47. The Labute approximate surface area is 189 Å². The lowest BCUT2D eigenvalue weighted by Gasteiger charge is -2.07. The van der Waals surface area contributed by atoms with E-state index in [0.29, 0.717) is 20.8 Å². The van der Waals surface area contributed by atoms with Crippen LogP contribution in [0.5, 0.6) is 0 Å². The minimum atomic E-state index is -1.96. The monoisotopic (exact) mass is 528 g/mol. The Balaban J connectivity index is 1.79. The Morgan fingerprint density at radius 2 is 1.70 bits per heavy atom. The summed E-state index contributed by atoms with van der Waals surface area (Å²) in [6, 6.07) is 15.5. The van der Waals surface area contributed by atoms with Gasteiger partial charge in [-0.2, -0.15) is 0 Å². The first kappa shape index (κ1) is 21.2. The summed E-state index contributed by atoms with van der Waals surface area (Å²) in [4.78, 5) is 0.800. The fourth-order valence-corrected chi connectivity index (χ4v) is 5.57. The van der Waals surface area contributed by atoms with Crippen LogP contribution in [-0.4, -0.2) is 12.4 Å². The van der Waals surface area contributed by atoms with Crippen LogP contribution in [0.15, 0.2) is 81.1 Å². The largest absolute Gasteiger partial charge is 0.298 e. The van der Waals surface area contributed by atoms with Crippen LogP contribution in [0.3, 0.4) is 0 Å². The molecule has 0 aliphatic carbocycles. The van der Waals surface area contributed by atoms with E-state index in [1.807, 2.05) is 6.07 Å². The second-order valence-electron chi connectivity index (χ2n) is 6.16. The van der Waals surface area contributed by atoms with E-state index in [0.717, 1.165) is 12.1 Å². The van der Waals surface area contributed by atoms with Crippen molar-refractivity contribution in [2.45, 2.75) is 9.79 Å². The van der Waals surface area contributed by atoms with Crippen molar-refractivity contribution in [1.82, 2.24) is 3.97 Å². The quantitative estimate of drug-likeness (QED) is 0.321. The van der Waals surface area contributed by atoms with Crippen molar-refractivity contribution in [3.8, 4) is 0 Å². The van der Waals surface area contributed by atoms with Crippen LogP contribution >= 0.6 is 27.5 Å². The summed E-state index contributed by atoms with van der Waals surface area (Å²) in [7, 11) is -3.59. The molecule has 0 spiro atoms. The first-order chi connectivity index (χ1) is 14.3. The topological polar surface area (TPSA) is 51.1 Å². The molecule has 4 nitrogen and oxygen atoms in total. The number of fused-ring (bicyclic) bond motifs is 1. The van der Waals surface area contributed by atoms with E-state index < -0.39 is 33.6 Å². The molecule has 0 bridgehead atoms. The summed E-state index contributed by atoms with van der Waals surface area (Å²) in [5.41, 5.74) is 0.241. The molecule has 4 rings (SSSR count). The van der Waals surface area contributed by atoms with Crippen LogP contribution in [0, 0.1) is 11.6 Å². The van der Waals surface area contributed by atoms with Gasteiger partial charge < -0.3 is 0 Å². The molecule has 2 unspecified atom stereocenters. The zero-order valence-corrected chi connectivity index (χ0v) is 18.9. The number of aromatic nitrogens is 1. The number of hydrogen-bond acceptors (Lipinski definition) is 2. The molecule has 1 heterocycles. The predicted octanol–water partition coefficient (Wildman–Crippen LogP) is 6.04. The first-order valence-corrected chi connectivity index (χ1v) is 11.9. The van der Waals surface area contributed by atoms with Crippen molar-refractivity contribution in [3.63, 3.8) is 0 Å². The summed E-state index contributed by atoms with van der Waals surface area (Å²) in [6.45, 7) is 0. The molecule has 1 N–H and O–H groups in total. The summed E-state index contributed by atoms with van der Waals surface area (Å²) in [5, 5.41) is 0.936. The second-order valence-corrected chi connectivity index (χ2v) is 10.00. The Hall–Kier alpha value is -2.07. The molecular weight excluding hydrogens is 518 g/mol. The Morgan fingerprint density at radius 3 is 2.43 bits per heavy atom. The third-order valence-electron chi connectivity index (χ3n) is 4.23. The average molecular weight is 530 g/mol. The number of anilines is 1. The first-order valence-electron chi connectivity index (χ1n) is 8.46. The zero-order valence-electron chi connectivity index (χ0n) is 14.9. The van der Waals surface area contributed by atoms with Gasteiger partial charge in [0.2, 0.25) is 0 Å². The van der Waals surface area contributed by atoms with E-state index in [2.05, 4.69) is 20.7 Å². The molecule has 3 aromatic carbocycles. The van der Waals surface area contributed by atoms with Gasteiger partial charge in [-0.3, -0.25) is 8.69 Å². The van der Waals surface area contributed by atoms with Crippen molar-refractivity contribution in [2.24, 2.45) is 0 Å². The molecule has 0 amide bonds. The minimum absolute atomic E-state index is 0.0409. The Bertz CT molecular complexity index is 1320. The molecule has 154 valence electrons. The Morgan fingerprint density at radius 1 is 0.967 bits per heavy atom. The lowest BCUT2D eigenvalue weighted by atomic mass is 10.2. The number of halogens is 4. The van der Waals surface area contributed by atoms with Crippen LogP contribution in [-0.2, 0) is 22.0 Å². The molecule has 0 saturated carbocycles. The molecule has 2 atom stereocenters. The maximum Gasteiger partial charge on any atom is 0.157 e. The highest BCUT2D eigenvalue weighted by Gasteiger charge is 2.20. The van der Waals surface area contributed by atoms with Gasteiger partial charge in [-0.1, -0.05) is 35.9 Å². The average Bonchev–Trinajstić information content (AvgIpc) is 3.10. The van der Waals surface area contributed by atoms with Crippen molar-refractivity contribution >= 4 is 66.1 Å². The van der Waals surface area contributed by atoms with Gasteiger partial charge in [0.25, 0.3) is 0 Å². The van der Waals surface area contributed by atoms with Crippen LogP contribution < -0.4 is 4.72 Å². The molecule has 0 radical (unpaired) electrons.